The van der Waals surface area contributed by atoms with Crippen LogP contribution in [0.25, 0.3) is 0 Å². The minimum atomic E-state index is 0.432. The smallest absolute Gasteiger partial charge is 0.0593 e. The molecule has 0 aromatic carbocycles. The highest BCUT2D eigenvalue weighted by molar-refractivity contribution is 4.95. The van der Waals surface area contributed by atoms with Crippen LogP contribution in [0.15, 0.2) is 0 Å². The summed E-state index contributed by atoms with van der Waals surface area (Å²) in [6.45, 7) is 8.60. The molecule has 0 aromatic rings. The van der Waals surface area contributed by atoms with Crippen LogP contribution < -0.4 is 5.32 Å². The highest BCUT2D eigenvalue weighted by Crippen LogP contribution is 2.30. The summed E-state index contributed by atoms with van der Waals surface area (Å²) in [5, 5.41) is 3.83. The van der Waals surface area contributed by atoms with Crippen LogP contribution >= 0.6 is 0 Å². The van der Waals surface area contributed by atoms with E-state index < -0.39 is 0 Å². The van der Waals surface area contributed by atoms with Crippen LogP contribution in [-0.4, -0.2) is 49.8 Å². The van der Waals surface area contributed by atoms with Gasteiger partial charge in [0.15, 0.2) is 0 Å². The van der Waals surface area contributed by atoms with E-state index in [9.17, 15) is 0 Å². The van der Waals surface area contributed by atoms with Gasteiger partial charge in [0, 0.05) is 25.2 Å². The van der Waals surface area contributed by atoms with Crippen LogP contribution in [0.1, 0.15) is 45.4 Å². The Kier molecular flexibility index (Phi) is 5.26. The van der Waals surface area contributed by atoms with E-state index in [0.29, 0.717) is 5.54 Å². The van der Waals surface area contributed by atoms with Crippen molar-refractivity contribution in [3.63, 3.8) is 0 Å². The van der Waals surface area contributed by atoms with Gasteiger partial charge in [0.2, 0.25) is 0 Å². The first kappa shape index (κ1) is 13.3. The van der Waals surface area contributed by atoms with Gasteiger partial charge in [-0.1, -0.05) is 19.3 Å². The molecular formula is C14H28N2O. The molecule has 1 aliphatic heterocycles. The molecule has 2 rings (SSSR count). The van der Waals surface area contributed by atoms with Crippen molar-refractivity contribution in [3.05, 3.63) is 0 Å². The molecule has 3 nitrogen and oxygen atoms in total. The Bertz CT molecular complexity index is 214. The lowest BCUT2D eigenvalue weighted by atomic mass is 9.81. The average Bonchev–Trinajstić information content (AvgIpc) is 2.54. The van der Waals surface area contributed by atoms with Gasteiger partial charge in [0.05, 0.1) is 6.61 Å². The van der Waals surface area contributed by atoms with Gasteiger partial charge in [-0.2, -0.15) is 0 Å². The zero-order valence-electron chi connectivity index (χ0n) is 11.3. The van der Waals surface area contributed by atoms with Crippen LogP contribution in [0, 0.1) is 0 Å². The molecule has 0 bridgehead atoms. The standard InChI is InChI=1S/C14H28N2O/c1-2-17-12-11-16-10-6-9-15-14(13-16)7-4-3-5-8-14/h15H,2-13H2,1H3. The molecule has 1 saturated heterocycles. The van der Waals surface area contributed by atoms with E-state index in [1.807, 2.05) is 0 Å². The summed E-state index contributed by atoms with van der Waals surface area (Å²) in [7, 11) is 0. The maximum absolute atomic E-state index is 5.49. The number of hydrogen-bond acceptors (Lipinski definition) is 3. The fourth-order valence-electron chi connectivity index (χ4n) is 3.31. The van der Waals surface area contributed by atoms with E-state index >= 15 is 0 Å². The maximum Gasteiger partial charge on any atom is 0.0593 e. The molecule has 1 saturated carbocycles. The minimum Gasteiger partial charge on any atom is -0.380 e. The lowest BCUT2D eigenvalue weighted by molar-refractivity contribution is 0.0965. The third kappa shape index (κ3) is 3.94. The fourth-order valence-corrected chi connectivity index (χ4v) is 3.31. The van der Waals surface area contributed by atoms with Gasteiger partial charge in [-0.25, -0.2) is 0 Å². The third-order valence-corrected chi connectivity index (χ3v) is 4.24. The van der Waals surface area contributed by atoms with Gasteiger partial charge in [-0.3, -0.25) is 4.90 Å². The van der Waals surface area contributed by atoms with E-state index in [0.717, 1.165) is 19.8 Å². The lowest BCUT2D eigenvalue weighted by Crippen LogP contribution is -2.53. The Morgan fingerprint density at radius 3 is 2.76 bits per heavy atom. The molecule has 17 heavy (non-hydrogen) atoms. The Morgan fingerprint density at radius 2 is 2.00 bits per heavy atom. The molecule has 0 amide bonds. The second kappa shape index (κ2) is 6.72. The average molecular weight is 240 g/mol. The van der Waals surface area contributed by atoms with Gasteiger partial charge in [-0.05, 0) is 39.3 Å². The lowest BCUT2D eigenvalue weighted by Gasteiger charge is -2.40. The second-order valence-electron chi connectivity index (χ2n) is 5.59. The van der Waals surface area contributed by atoms with Crippen LogP contribution in [0.2, 0.25) is 0 Å². The molecule has 0 unspecified atom stereocenters. The molecule has 0 aromatic heterocycles. The predicted molar refractivity (Wildman–Crippen MR) is 71.4 cm³/mol. The van der Waals surface area contributed by atoms with Crippen LogP contribution in [0.3, 0.4) is 0 Å². The molecule has 100 valence electrons. The quantitative estimate of drug-likeness (QED) is 0.761. The van der Waals surface area contributed by atoms with Gasteiger partial charge in [0.25, 0.3) is 0 Å². The molecule has 2 fully saturated rings. The van der Waals surface area contributed by atoms with E-state index in [-0.39, 0.29) is 0 Å². The van der Waals surface area contributed by atoms with Gasteiger partial charge in [-0.15, -0.1) is 0 Å². The Hall–Kier alpha value is -0.120. The Balaban J connectivity index is 1.85. The predicted octanol–water partition coefficient (Wildman–Crippen LogP) is 2.02. The molecule has 1 spiro atoms. The molecule has 0 radical (unpaired) electrons. The number of nitrogens with one attached hydrogen (secondary N) is 1. The van der Waals surface area contributed by atoms with Crippen LogP contribution in [0.5, 0.6) is 0 Å². The van der Waals surface area contributed by atoms with Crippen molar-refractivity contribution in [2.24, 2.45) is 0 Å². The SMILES string of the molecule is CCOCCN1CCCNC2(CCCCC2)C1. The van der Waals surface area contributed by atoms with Crippen LogP contribution in [-0.2, 0) is 4.74 Å². The summed E-state index contributed by atoms with van der Waals surface area (Å²) in [4.78, 5) is 2.61. The van der Waals surface area contributed by atoms with Gasteiger partial charge >= 0.3 is 0 Å². The number of ether oxygens (including phenoxy) is 1. The van der Waals surface area contributed by atoms with Crippen molar-refractivity contribution in [2.45, 2.75) is 51.0 Å². The molecule has 1 N–H and O–H groups in total. The molecule has 2 aliphatic rings. The first-order valence-electron chi connectivity index (χ1n) is 7.40. The van der Waals surface area contributed by atoms with Crippen molar-refractivity contribution in [1.29, 1.82) is 0 Å². The highest BCUT2D eigenvalue weighted by atomic mass is 16.5. The van der Waals surface area contributed by atoms with Crippen molar-refractivity contribution in [1.82, 2.24) is 10.2 Å². The van der Waals surface area contributed by atoms with E-state index in [2.05, 4.69) is 17.1 Å². The summed E-state index contributed by atoms with van der Waals surface area (Å²) < 4.78 is 5.49. The fraction of sp³-hybridized carbons (Fsp3) is 1.00. The Labute approximate surface area is 106 Å². The Morgan fingerprint density at radius 1 is 1.18 bits per heavy atom. The monoisotopic (exact) mass is 240 g/mol. The van der Waals surface area contributed by atoms with Gasteiger partial charge < -0.3 is 10.1 Å². The topological polar surface area (TPSA) is 24.5 Å². The zero-order valence-corrected chi connectivity index (χ0v) is 11.3. The minimum absolute atomic E-state index is 0.432. The maximum atomic E-state index is 5.49. The van der Waals surface area contributed by atoms with Crippen LogP contribution in [0.4, 0.5) is 0 Å². The number of rotatable bonds is 4. The van der Waals surface area contributed by atoms with Gasteiger partial charge in [0.1, 0.15) is 0 Å². The molecular weight excluding hydrogens is 212 g/mol. The molecule has 3 heteroatoms. The van der Waals surface area contributed by atoms with Crippen molar-refractivity contribution < 1.29 is 4.74 Å². The number of hydrogen-bond donors (Lipinski definition) is 1. The zero-order chi connectivity index (χ0) is 12.0. The highest BCUT2D eigenvalue weighted by Gasteiger charge is 2.34. The van der Waals surface area contributed by atoms with Crippen molar-refractivity contribution in [2.75, 3.05) is 39.4 Å². The second-order valence-corrected chi connectivity index (χ2v) is 5.59. The third-order valence-electron chi connectivity index (χ3n) is 4.24. The summed E-state index contributed by atoms with van der Waals surface area (Å²) in [5.41, 5.74) is 0.432. The summed E-state index contributed by atoms with van der Waals surface area (Å²) in [6, 6.07) is 0. The first-order valence-corrected chi connectivity index (χ1v) is 7.40. The molecule has 1 aliphatic carbocycles. The van der Waals surface area contributed by atoms with E-state index in [1.165, 1.54) is 58.2 Å². The summed E-state index contributed by atoms with van der Waals surface area (Å²) in [6.07, 6.45) is 8.28. The molecule has 0 atom stereocenters. The molecule has 1 heterocycles. The number of nitrogens with zero attached hydrogens (tertiary/aromatic N) is 1. The normalized spacial score (nSPS) is 25.9. The van der Waals surface area contributed by atoms with Crippen molar-refractivity contribution >= 4 is 0 Å². The summed E-state index contributed by atoms with van der Waals surface area (Å²) in [5.74, 6) is 0. The van der Waals surface area contributed by atoms with E-state index in [1.54, 1.807) is 0 Å². The first-order chi connectivity index (χ1) is 8.35. The largest absolute Gasteiger partial charge is 0.380 e. The van der Waals surface area contributed by atoms with Crippen molar-refractivity contribution in [3.8, 4) is 0 Å². The summed E-state index contributed by atoms with van der Waals surface area (Å²) >= 11 is 0. The van der Waals surface area contributed by atoms with E-state index in [4.69, 9.17) is 4.74 Å².